The van der Waals surface area contributed by atoms with Gasteiger partial charge in [0, 0.05) is 13.1 Å². The number of fused-ring (bicyclic) bond motifs is 2. The summed E-state index contributed by atoms with van der Waals surface area (Å²) in [4.78, 5) is 27.9. The van der Waals surface area contributed by atoms with Crippen LogP contribution in [0.1, 0.15) is 42.7 Å². The molecular formula is C30H34N6O3. The molecule has 9 heteroatoms. The lowest BCUT2D eigenvalue weighted by Gasteiger charge is -2.30. The summed E-state index contributed by atoms with van der Waals surface area (Å²) in [5, 5.41) is 14.0. The molecule has 0 unspecified atom stereocenters. The molecule has 1 aromatic heterocycles. The van der Waals surface area contributed by atoms with Crippen LogP contribution >= 0.6 is 0 Å². The van der Waals surface area contributed by atoms with Gasteiger partial charge >= 0.3 is 0 Å². The van der Waals surface area contributed by atoms with Crippen molar-refractivity contribution in [2.24, 2.45) is 5.73 Å². The molecule has 9 nitrogen and oxygen atoms in total. The SMILES string of the molecule is CC(C)(N)C(=O)N[C@H](COCc1ccccc1)c1nnc2n1CCN(C(=O)Cc1cccc3ccccc13)C2. The summed E-state index contributed by atoms with van der Waals surface area (Å²) in [6.45, 7) is 5.32. The van der Waals surface area contributed by atoms with Gasteiger partial charge in [0.2, 0.25) is 11.8 Å². The van der Waals surface area contributed by atoms with E-state index in [1.54, 1.807) is 13.8 Å². The number of amides is 2. The number of nitrogens with zero attached hydrogens (tertiary/aromatic N) is 4. The molecule has 0 bridgehead atoms. The number of hydrogen-bond acceptors (Lipinski definition) is 6. The first-order valence-corrected chi connectivity index (χ1v) is 13.2. The lowest BCUT2D eigenvalue weighted by atomic mass is 10.0. The zero-order valence-corrected chi connectivity index (χ0v) is 22.3. The van der Waals surface area contributed by atoms with Crippen molar-refractivity contribution in [3.8, 4) is 0 Å². The van der Waals surface area contributed by atoms with Crippen LogP contribution in [0.4, 0.5) is 0 Å². The van der Waals surface area contributed by atoms with Crippen molar-refractivity contribution in [2.75, 3.05) is 13.2 Å². The highest BCUT2D eigenvalue weighted by atomic mass is 16.5. The van der Waals surface area contributed by atoms with Crippen molar-refractivity contribution in [3.05, 3.63) is 95.6 Å². The number of benzene rings is 3. The van der Waals surface area contributed by atoms with Crippen LogP contribution in [0.2, 0.25) is 0 Å². The number of aromatic nitrogens is 3. The number of carbonyl (C=O) groups excluding carboxylic acids is 2. The molecule has 5 rings (SSSR count). The van der Waals surface area contributed by atoms with Crippen LogP contribution in [0.5, 0.6) is 0 Å². The molecule has 39 heavy (non-hydrogen) atoms. The Bertz CT molecular complexity index is 1460. The molecule has 2 amide bonds. The van der Waals surface area contributed by atoms with Crippen LogP contribution < -0.4 is 11.1 Å². The number of rotatable bonds is 9. The van der Waals surface area contributed by atoms with Crippen LogP contribution in [-0.2, 0) is 40.4 Å². The monoisotopic (exact) mass is 526 g/mol. The van der Waals surface area contributed by atoms with Crippen LogP contribution in [0.25, 0.3) is 10.8 Å². The average molecular weight is 527 g/mol. The molecule has 1 aliphatic heterocycles. The third kappa shape index (κ3) is 6.16. The number of carbonyl (C=O) groups is 2. The molecule has 1 aliphatic rings. The molecule has 3 N–H and O–H groups in total. The van der Waals surface area contributed by atoms with Crippen molar-refractivity contribution in [1.29, 1.82) is 0 Å². The zero-order chi connectivity index (χ0) is 27.4. The largest absolute Gasteiger partial charge is 0.374 e. The lowest BCUT2D eigenvalue weighted by Crippen LogP contribution is -2.51. The van der Waals surface area contributed by atoms with Crippen molar-refractivity contribution in [1.82, 2.24) is 25.0 Å². The van der Waals surface area contributed by atoms with E-state index in [1.807, 2.05) is 70.1 Å². The third-order valence-corrected chi connectivity index (χ3v) is 6.95. The van der Waals surface area contributed by atoms with Crippen molar-refractivity contribution >= 4 is 22.6 Å². The van der Waals surface area contributed by atoms with Gasteiger partial charge in [-0.2, -0.15) is 0 Å². The second-order valence-corrected chi connectivity index (χ2v) is 10.5. The van der Waals surface area contributed by atoms with Gasteiger partial charge in [0.1, 0.15) is 6.04 Å². The van der Waals surface area contributed by atoms with Crippen molar-refractivity contribution < 1.29 is 14.3 Å². The van der Waals surface area contributed by atoms with Crippen LogP contribution in [0, 0.1) is 0 Å². The topological polar surface area (TPSA) is 115 Å². The van der Waals surface area contributed by atoms with E-state index in [0.29, 0.717) is 44.3 Å². The van der Waals surface area contributed by atoms with Gasteiger partial charge in [-0.3, -0.25) is 9.59 Å². The molecule has 2 heterocycles. The first-order chi connectivity index (χ1) is 18.8. The third-order valence-electron chi connectivity index (χ3n) is 6.95. The molecular weight excluding hydrogens is 492 g/mol. The predicted octanol–water partition coefficient (Wildman–Crippen LogP) is 3.13. The maximum absolute atomic E-state index is 13.3. The number of nitrogens with one attached hydrogen (secondary N) is 1. The molecule has 0 radical (unpaired) electrons. The van der Waals surface area contributed by atoms with Gasteiger partial charge in [-0.1, -0.05) is 72.8 Å². The molecule has 0 aliphatic carbocycles. The summed E-state index contributed by atoms with van der Waals surface area (Å²) in [5.74, 6) is 1.01. The Balaban J connectivity index is 1.30. The minimum Gasteiger partial charge on any atom is -0.374 e. The zero-order valence-electron chi connectivity index (χ0n) is 22.3. The number of hydrogen-bond donors (Lipinski definition) is 2. The van der Waals surface area contributed by atoms with E-state index < -0.39 is 11.6 Å². The molecule has 0 saturated heterocycles. The predicted molar refractivity (Wildman–Crippen MR) is 148 cm³/mol. The van der Waals surface area contributed by atoms with Crippen molar-refractivity contribution in [3.63, 3.8) is 0 Å². The minimum absolute atomic E-state index is 0.0445. The highest BCUT2D eigenvalue weighted by molar-refractivity contribution is 5.90. The van der Waals surface area contributed by atoms with E-state index in [0.717, 1.165) is 21.9 Å². The van der Waals surface area contributed by atoms with E-state index in [2.05, 4.69) is 27.6 Å². The quantitative estimate of drug-likeness (QED) is 0.346. The van der Waals surface area contributed by atoms with Gasteiger partial charge in [0.05, 0.1) is 31.7 Å². The van der Waals surface area contributed by atoms with Gasteiger partial charge in [-0.05, 0) is 35.7 Å². The first kappa shape index (κ1) is 26.5. The fourth-order valence-electron chi connectivity index (χ4n) is 4.77. The second kappa shape index (κ2) is 11.3. The van der Waals surface area contributed by atoms with Crippen LogP contribution in [-0.4, -0.2) is 50.2 Å². The van der Waals surface area contributed by atoms with E-state index in [-0.39, 0.29) is 18.4 Å². The van der Waals surface area contributed by atoms with Gasteiger partial charge < -0.3 is 25.3 Å². The molecule has 1 atom stereocenters. The van der Waals surface area contributed by atoms with E-state index in [1.165, 1.54) is 0 Å². The highest BCUT2D eigenvalue weighted by Crippen LogP contribution is 2.22. The van der Waals surface area contributed by atoms with Gasteiger partial charge in [-0.15, -0.1) is 10.2 Å². The number of nitrogens with two attached hydrogens (primary N) is 1. The Morgan fingerprint density at radius 1 is 1.00 bits per heavy atom. The summed E-state index contributed by atoms with van der Waals surface area (Å²) >= 11 is 0. The maximum atomic E-state index is 13.3. The normalized spacial score (nSPS) is 14.2. The molecule has 202 valence electrons. The van der Waals surface area contributed by atoms with E-state index >= 15 is 0 Å². The maximum Gasteiger partial charge on any atom is 0.240 e. The summed E-state index contributed by atoms with van der Waals surface area (Å²) in [7, 11) is 0. The minimum atomic E-state index is -1.06. The second-order valence-electron chi connectivity index (χ2n) is 10.5. The Labute approximate surface area is 228 Å². The first-order valence-electron chi connectivity index (χ1n) is 13.2. The molecule has 0 fully saturated rings. The summed E-state index contributed by atoms with van der Waals surface area (Å²) < 4.78 is 7.94. The van der Waals surface area contributed by atoms with Gasteiger partial charge in [0.15, 0.2) is 11.6 Å². The van der Waals surface area contributed by atoms with Gasteiger partial charge in [-0.25, -0.2) is 0 Å². The Kier molecular flexibility index (Phi) is 7.72. The average Bonchev–Trinajstić information content (AvgIpc) is 3.36. The molecule has 0 spiro atoms. The fraction of sp³-hybridized carbons (Fsp3) is 0.333. The summed E-state index contributed by atoms with van der Waals surface area (Å²) in [6, 6.07) is 23.4. The summed E-state index contributed by atoms with van der Waals surface area (Å²) in [5.41, 5.74) is 7.03. The Morgan fingerprint density at radius 2 is 1.74 bits per heavy atom. The standard InChI is InChI=1S/C30H34N6O3/c1-30(2,31)29(38)32-25(20-39-19-21-9-4-3-5-10-21)28-34-33-26-18-35(15-16-36(26)28)27(37)17-23-13-8-12-22-11-6-7-14-24(22)23/h3-14,25H,15-20,31H2,1-2H3,(H,32,38)/t25-/m1/s1. The van der Waals surface area contributed by atoms with Gasteiger partial charge in [0.25, 0.3) is 0 Å². The van der Waals surface area contributed by atoms with Crippen LogP contribution in [0.15, 0.2) is 72.8 Å². The Hall–Kier alpha value is -4.08. The highest BCUT2D eigenvalue weighted by Gasteiger charge is 2.31. The van der Waals surface area contributed by atoms with Crippen LogP contribution in [0.3, 0.4) is 0 Å². The Morgan fingerprint density at radius 3 is 2.54 bits per heavy atom. The number of ether oxygens (including phenoxy) is 1. The smallest absolute Gasteiger partial charge is 0.240 e. The fourth-order valence-corrected chi connectivity index (χ4v) is 4.77. The van der Waals surface area contributed by atoms with Crippen molar-refractivity contribution in [2.45, 2.75) is 51.5 Å². The summed E-state index contributed by atoms with van der Waals surface area (Å²) in [6.07, 6.45) is 0.319. The van der Waals surface area contributed by atoms with E-state index in [9.17, 15) is 9.59 Å². The van der Waals surface area contributed by atoms with E-state index in [4.69, 9.17) is 10.5 Å². The molecule has 4 aromatic rings. The lowest BCUT2D eigenvalue weighted by molar-refractivity contribution is -0.132. The molecule has 0 saturated carbocycles. The molecule has 3 aromatic carbocycles.